The maximum Gasteiger partial charge on any atom is 0.325 e. The molecule has 1 N–H and O–H groups in total. The minimum Gasteiger partial charge on any atom is -0.497 e. The van der Waals surface area contributed by atoms with Crippen LogP contribution in [0.5, 0.6) is 23.0 Å². The number of nitrogens with one attached hydrogen (secondary N) is 1. The average molecular weight is 449 g/mol. The van der Waals surface area contributed by atoms with Crippen molar-refractivity contribution < 1.29 is 23.7 Å². The first-order valence-electron chi connectivity index (χ1n) is 8.79. The Hall–Kier alpha value is -2.61. The van der Waals surface area contributed by atoms with Gasteiger partial charge in [-0.05, 0) is 19.1 Å². The van der Waals surface area contributed by atoms with Crippen LogP contribution < -0.4 is 29.2 Å². The van der Waals surface area contributed by atoms with Crippen LogP contribution in [0.2, 0.25) is 0 Å². The lowest BCUT2D eigenvalue weighted by Crippen LogP contribution is -2.65. The van der Waals surface area contributed by atoms with Crippen LogP contribution in [0.1, 0.15) is 24.9 Å². The van der Waals surface area contributed by atoms with Gasteiger partial charge in [0.05, 0.1) is 33.1 Å². The van der Waals surface area contributed by atoms with Gasteiger partial charge in [0, 0.05) is 34.7 Å². The molecule has 28 heavy (non-hydrogen) atoms. The number of anilines is 1. The zero-order valence-corrected chi connectivity index (χ0v) is 17.6. The van der Waals surface area contributed by atoms with Gasteiger partial charge in [0.15, 0.2) is 17.2 Å². The summed E-state index contributed by atoms with van der Waals surface area (Å²) in [6.45, 7) is 1.90. The number of hydrogen-bond donors (Lipinski definition) is 1. The molecule has 0 saturated carbocycles. The lowest BCUT2D eigenvalue weighted by atomic mass is 9.90. The molecule has 2 aliphatic rings. The topological polar surface area (TPSA) is 69.3 Å². The molecule has 2 unspecified atom stereocenters. The highest BCUT2D eigenvalue weighted by molar-refractivity contribution is 9.10. The molecule has 2 amide bonds. The fraction of sp³-hybridized carbons (Fsp3) is 0.350. The zero-order valence-electron chi connectivity index (χ0n) is 16.0. The zero-order chi connectivity index (χ0) is 20.1. The average Bonchev–Trinajstić information content (AvgIpc) is 2.67. The summed E-state index contributed by atoms with van der Waals surface area (Å²) in [4.78, 5) is 14.7. The molecule has 2 bridgehead atoms. The van der Waals surface area contributed by atoms with Crippen LogP contribution in [0, 0.1) is 0 Å². The molecule has 2 heterocycles. The van der Waals surface area contributed by atoms with E-state index in [1.54, 1.807) is 44.4 Å². The van der Waals surface area contributed by atoms with Gasteiger partial charge in [-0.25, -0.2) is 4.79 Å². The molecule has 148 valence electrons. The second kappa shape index (κ2) is 6.77. The molecule has 4 rings (SSSR count). The van der Waals surface area contributed by atoms with Crippen LogP contribution in [0.3, 0.4) is 0 Å². The number of carbonyl (C=O) groups is 1. The fourth-order valence-electron chi connectivity index (χ4n) is 3.86. The molecule has 7 nitrogen and oxygen atoms in total. The van der Waals surface area contributed by atoms with Crippen molar-refractivity contribution in [1.29, 1.82) is 0 Å². The first-order valence-corrected chi connectivity index (χ1v) is 9.58. The Morgan fingerprint density at radius 3 is 2.39 bits per heavy atom. The van der Waals surface area contributed by atoms with Gasteiger partial charge in [0.2, 0.25) is 0 Å². The van der Waals surface area contributed by atoms with E-state index in [0.717, 1.165) is 10.0 Å². The fourth-order valence-corrected chi connectivity index (χ4v) is 4.32. The van der Waals surface area contributed by atoms with Gasteiger partial charge in [0.1, 0.15) is 11.5 Å². The van der Waals surface area contributed by atoms with E-state index in [-0.39, 0.29) is 12.1 Å². The van der Waals surface area contributed by atoms with Gasteiger partial charge >= 0.3 is 6.03 Å². The molecule has 1 saturated heterocycles. The van der Waals surface area contributed by atoms with Gasteiger partial charge < -0.3 is 24.3 Å². The molecular formula is C20H21BrN2O5. The number of rotatable bonds is 4. The largest absolute Gasteiger partial charge is 0.497 e. The van der Waals surface area contributed by atoms with Gasteiger partial charge in [-0.15, -0.1) is 0 Å². The van der Waals surface area contributed by atoms with E-state index in [2.05, 4.69) is 21.2 Å². The van der Waals surface area contributed by atoms with Crippen LogP contribution in [-0.2, 0) is 0 Å². The standard InChI is InChI=1S/C20H21BrN2O5/c1-20-10-16(15-5-11(21)6-17(27-4)18(15)28-20)22-19(24)23(20)12-7-13(25-2)9-14(8-12)26-3/h5-9,16H,10H2,1-4H3,(H,22,24). The first-order chi connectivity index (χ1) is 13.4. The number of carbonyl (C=O) groups excluding carboxylic acids is 1. The second-order valence-electron chi connectivity index (χ2n) is 6.92. The lowest BCUT2D eigenvalue weighted by molar-refractivity contribution is 0.0348. The van der Waals surface area contributed by atoms with Crippen LogP contribution in [0.25, 0.3) is 0 Å². The van der Waals surface area contributed by atoms with Crippen molar-refractivity contribution in [2.24, 2.45) is 0 Å². The molecule has 2 aromatic carbocycles. The normalized spacial score (nSPS) is 22.7. The summed E-state index contributed by atoms with van der Waals surface area (Å²) in [5, 5.41) is 3.08. The van der Waals surface area contributed by atoms with Crippen molar-refractivity contribution >= 4 is 27.6 Å². The molecular weight excluding hydrogens is 428 g/mol. The number of hydrogen-bond acceptors (Lipinski definition) is 5. The van der Waals surface area contributed by atoms with E-state index >= 15 is 0 Å². The highest BCUT2D eigenvalue weighted by Crippen LogP contribution is 2.50. The van der Waals surface area contributed by atoms with Crippen LogP contribution in [-0.4, -0.2) is 33.1 Å². The van der Waals surface area contributed by atoms with Gasteiger partial charge in [0.25, 0.3) is 0 Å². The summed E-state index contributed by atoms with van der Waals surface area (Å²) in [5.41, 5.74) is 0.604. The molecule has 8 heteroatoms. The smallest absolute Gasteiger partial charge is 0.325 e. The van der Waals surface area contributed by atoms with E-state index in [9.17, 15) is 4.79 Å². The van der Waals surface area contributed by atoms with Gasteiger partial charge in [-0.2, -0.15) is 0 Å². The predicted octanol–water partition coefficient (Wildman–Crippen LogP) is 4.24. The van der Waals surface area contributed by atoms with Crippen molar-refractivity contribution in [3.05, 3.63) is 40.4 Å². The monoisotopic (exact) mass is 448 g/mol. The minimum absolute atomic E-state index is 0.184. The number of urea groups is 1. The van der Waals surface area contributed by atoms with E-state index < -0.39 is 5.72 Å². The van der Waals surface area contributed by atoms with E-state index in [1.807, 2.05) is 19.1 Å². The molecule has 0 aliphatic carbocycles. The van der Waals surface area contributed by atoms with Crippen molar-refractivity contribution in [3.8, 4) is 23.0 Å². The Bertz CT molecular complexity index is 928. The summed E-state index contributed by atoms with van der Waals surface area (Å²) in [6, 6.07) is 8.69. The molecule has 2 aliphatic heterocycles. The summed E-state index contributed by atoms with van der Waals surface area (Å²) in [5.74, 6) is 2.42. The number of nitrogens with zero attached hydrogens (tertiary/aromatic N) is 1. The third kappa shape index (κ3) is 2.92. The highest BCUT2D eigenvalue weighted by atomic mass is 79.9. The summed E-state index contributed by atoms with van der Waals surface area (Å²) in [6.07, 6.45) is 0.574. The van der Waals surface area contributed by atoms with Crippen LogP contribution in [0.4, 0.5) is 10.5 Å². The highest BCUT2D eigenvalue weighted by Gasteiger charge is 2.51. The summed E-state index contributed by atoms with van der Waals surface area (Å²) in [7, 11) is 4.74. The Morgan fingerprint density at radius 2 is 1.79 bits per heavy atom. The molecule has 2 aromatic rings. The predicted molar refractivity (Wildman–Crippen MR) is 108 cm³/mol. The maximum absolute atomic E-state index is 13.1. The third-order valence-electron chi connectivity index (χ3n) is 5.12. The van der Waals surface area contributed by atoms with E-state index in [0.29, 0.717) is 35.1 Å². The van der Waals surface area contributed by atoms with E-state index in [4.69, 9.17) is 18.9 Å². The second-order valence-corrected chi connectivity index (χ2v) is 7.83. The quantitative estimate of drug-likeness (QED) is 0.756. The van der Waals surface area contributed by atoms with Crippen molar-refractivity contribution in [2.75, 3.05) is 26.2 Å². The number of amides is 2. The molecule has 2 atom stereocenters. The number of benzene rings is 2. The number of methoxy groups -OCH3 is 3. The Kier molecular flexibility index (Phi) is 4.53. The van der Waals surface area contributed by atoms with Crippen LogP contribution >= 0.6 is 15.9 Å². The maximum atomic E-state index is 13.1. The van der Waals surface area contributed by atoms with Crippen molar-refractivity contribution in [3.63, 3.8) is 0 Å². The number of ether oxygens (including phenoxy) is 4. The Morgan fingerprint density at radius 1 is 1.11 bits per heavy atom. The summed E-state index contributed by atoms with van der Waals surface area (Å²) < 4.78 is 23.5. The van der Waals surface area contributed by atoms with Crippen LogP contribution in [0.15, 0.2) is 34.8 Å². The Labute approximate surface area is 171 Å². The minimum atomic E-state index is -0.904. The van der Waals surface area contributed by atoms with Gasteiger partial charge in [-0.1, -0.05) is 15.9 Å². The SMILES string of the molecule is COc1cc(OC)cc(N2C(=O)NC3CC2(C)Oc2c(OC)cc(Br)cc23)c1. The summed E-state index contributed by atoms with van der Waals surface area (Å²) >= 11 is 3.49. The van der Waals surface area contributed by atoms with Crippen molar-refractivity contribution in [1.82, 2.24) is 5.32 Å². The first kappa shape index (κ1) is 18.7. The molecule has 0 radical (unpaired) electrons. The van der Waals surface area contributed by atoms with E-state index in [1.165, 1.54) is 0 Å². The van der Waals surface area contributed by atoms with Gasteiger partial charge in [-0.3, -0.25) is 4.90 Å². The lowest BCUT2D eigenvalue weighted by Gasteiger charge is -2.50. The molecule has 0 spiro atoms. The third-order valence-corrected chi connectivity index (χ3v) is 5.57. The van der Waals surface area contributed by atoms with Crippen molar-refractivity contribution in [2.45, 2.75) is 25.1 Å². The molecule has 1 fully saturated rings. The number of halogens is 1. The number of fused-ring (bicyclic) bond motifs is 4. The Balaban J connectivity index is 1.83. The molecule has 0 aromatic heterocycles.